The Bertz CT molecular complexity index is 769. The number of anilines is 1. The molecule has 2 aromatic rings. The van der Waals surface area contributed by atoms with Gasteiger partial charge in [-0.1, -0.05) is 18.0 Å². The molecule has 1 fully saturated rings. The summed E-state index contributed by atoms with van der Waals surface area (Å²) in [4.78, 5) is 16.3. The molecular weight excluding hydrogens is 316 g/mol. The molecule has 23 heavy (non-hydrogen) atoms. The topological polar surface area (TPSA) is 79.9 Å². The molecule has 1 atom stereocenters. The Hall–Kier alpha value is -2.08. The summed E-state index contributed by atoms with van der Waals surface area (Å²) in [7, 11) is 1.58. The minimum absolute atomic E-state index is 0.0591. The molecule has 1 amide bonds. The van der Waals surface area contributed by atoms with Crippen LogP contribution in [0.4, 0.5) is 5.82 Å². The maximum Gasteiger partial charge on any atom is 0.226 e. The van der Waals surface area contributed by atoms with Crippen molar-refractivity contribution >= 4 is 23.3 Å². The monoisotopic (exact) mass is 332 g/mol. The second kappa shape index (κ2) is 5.53. The number of carbonyl (C=O) groups is 1. The molecule has 7 heteroatoms. The molecule has 0 radical (unpaired) electrons. The van der Waals surface area contributed by atoms with Crippen molar-refractivity contribution in [2.45, 2.75) is 37.5 Å². The zero-order valence-corrected chi connectivity index (χ0v) is 13.5. The van der Waals surface area contributed by atoms with E-state index in [-0.39, 0.29) is 11.8 Å². The molecule has 2 N–H and O–H groups in total. The largest absolute Gasteiger partial charge is 0.481 e. The van der Waals surface area contributed by atoms with Crippen LogP contribution in [-0.4, -0.2) is 28.2 Å². The molecule has 1 unspecified atom stereocenters. The van der Waals surface area contributed by atoms with Crippen molar-refractivity contribution in [2.24, 2.45) is 0 Å². The number of amides is 1. The highest BCUT2D eigenvalue weighted by Gasteiger charge is 2.36. The van der Waals surface area contributed by atoms with Crippen molar-refractivity contribution in [3.05, 3.63) is 34.1 Å². The molecule has 0 aromatic carbocycles. The van der Waals surface area contributed by atoms with Crippen LogP contribution in [0.15, 0.2) is 12.3 Å². The van der Waals surface area contributed by atoms with Crippen molar-refractivity contribution in [3.63, 3.8) is 0 Å². The lowest BCUT2D eigenvalue weighted by Crippen LogP contribution is -2.25. The number of halogens is 1. The van der Waals surface area contributed by atoms with Crippen molar-refractivity contribution in [2.75, 3.05) is 12.4 Å². The maximum atomic E-state index is 12.1. The number of methoxy groups -OCH3 is 1. The van der Waals surface area contributed by atoms with Crippen LogP contribution in [-0.2, 0) is 4.79 Å². The Morgan fingerprint density at radius 2 is 2.22 bits per heavy atom. The van der Waals surface area contributed by atoms with Gasteiger partial charge in [-0.3, -0.25) is 9.89 Å². The van der Waals surface area contributed by atoms with Crippen LogP contribution in [0.25, 0.3) is 0 Å². The van der Waals surface area contributed by atoms with Gasteiger partial charge in [0, 0.05) is 41.3 Å². The third kappa shape index (κ3) is 2.37. The normalized spacial score (nSPS) is 20.6. The number of ether oxygens (including phenoxy) is 1. The van der Waals surface area contributed by atoms with Crippen LogP contribution < -0.4 is 10.1 Å². The average Bonchev–Trinajstić information content (AvgIpc) is 2.88. The first kappa shape index (κ1) is 14.5. The Morgan fingerprint density at radius 1 is 1.39 bits per heavy atom. The van der Waals surface area contributed by atoms with Crippen molar-refractivity contribution < 1.29 is 9.53 Å². The van der Waals surface area contributed by atoms with Crippen LogP contribution >= 0.6 is 11.6 Å². The van der Waals surface area contributed by atoms with Gasteiger partial charge >= 0.3 is 0 Å². The smallest absolute Gasteiger partial charge is 0.226 e. The predicted molar refractivity (Wildman–Crippen MR) is 86.1 cm³/mol. The fourth-order valence-electron chi connectivity index (χ4n) is 3.42. The van der Waals surface area contributed by atoms with Crippen LogP contribution in [0.5, 0.6) is 5.88 Å². The highest BCUT2D eigenvalue weighted by molar-refractivity contribution is 6.30. The summed E-state index contributed by atoms with van der Waals surface area (Å²) in [6.07, 6.45) is 5.43. The van der Waals surface area contributed by atoms with Gasteiger partial charge in [-0.2, -0.15) is 5.10 Å². The van der Waals surface area contributed by atoms with E-state index in [0.29, 0.717) is 29.1 Å². The lowest BCUT2D eigenvalue weighted by atomic mass is 9.77. The Kier molecular flexibility index (Phi) is 3.49. The third-order valence-corrected chi connectivity index (χ3v) is 4.96. The van der Waals surface area contributed by atoms with E-state index in [9.17, 15) is 4.79 Å². The quantitative estimate of drug-likeness (QED) is 0.904. The Balaban J connectivity index is 1.85. The molecule has 6 nitrogen and oxygen atoms in total. The molecule has 0 bridgehead atoms. The number of fused-ring (bicyclic) bond motifs is 1. The summed E-state index contributed by atoms with van der Waals surface area (Å²) < 4.78 is 5.39. The number of rotatable bonds is 3. The second-order valence-corrected chi connectivity index (χ2v) is 6.52. The highest BCUT2D eigenvalue weighted by Crippen LogP contribution is 2.46. The highest BCUT2D eigenvalue weighted by atomic mass is 35.5. The van der Waals surface area contributed by atoms with E-state index < -0.39 is 0 Å². The predicted octanol–water partition coefficient (Wildman–Crippen LogP) is 3.21. The molecular formula is C16H17ClN4O2. The van der Waals surface area contributed by atoms with E-state index in [1.807, 2.05) is 6.07 Å². The fourth-order valence-corrected chi connectivity index (χ4v) is 3.59. The van der Waals surface area contributed by atoms with Crippen LogP contribution in [0.3, 0.4) is 0 Å². The summed E-state index contributed by atoms with van der Waals surface area (Å²) >= 11 is 6.13. The lowest BCUT2D eigenvalue weighted by molar-refractivity contribution is -0.116. The van der Waals surface area contributed by atoms with Crippen molar-refractivity contribution in [1.29, 1.82) is 0 Å². The first-order chi connectivity index (χ1) is 11.2. The molecule has 1 aliphatic carbocycles. The zero-order chi connectivity index (χ0) is 16.0. The number of H-pyrrole nitrogens is 1. The SMILES string of the molecule is COc1ncc(Cl)cc1C1CC(=O)Nc2n[nH]c(C3CCC3)c21. The van der Waals surface area contributed by atoms with Gasteiger partial charge in [0.15, 0.2) is 5.82 Å². The first-order valence-corrected chi connectivity index (χ1v) is 8.12. The zero-order valence-electron chi connectivity index (χ0n) is 12.7. The fraction of sp³-hybridized carbons (Fsp3) is 0.438. The van der Waals surface area contributed by atoms with Gasteiger partial charge in [0.2, 0.25) is 11.8 Å². The van der Waals surface area contributed by atoms with Gasteiger partial charge in [-0.25, -0.2) is 4.98 Å². The Morgan fingerprint density at radius 3 is 2.91 bits per heavy atom. The van der Waals surface area contributed by atoms with E-state index in [0.717, 1.165) is 29.7 Å². The molecule has 2 aliphatic rings. The number of pyridine rings is 1. The van der Waals surface area contributed by atoms with E-state index in [2.05, 4.69) is 20.5 Å². The molecule has 3 heterocycles. The molecule has 1 saturated carbocycles. The number of carbonyl (C=O) groups excluding carboxylic acids is 1. The minimum atomic E-state index is -0.144. The van der Waals surface area contributed by atoms with Gasteiger partial charge in [0.05, 0.1) is 12.1 Å². The van der Waals surface area contributed by atoms with Crippen LogP contribution in [0, 0.1) is 0 Å². The number of hydrogen-bond acceptors (Lipinski definition) is 4. The minimum Gasteiger partial charge on any atom is -0.481 e. The number of nitrogens with one attached hydrogen (secondary N) is 2. The molecule has 4 rings (SSSR count). The lowest BCUT2D eigenvalue weighted by Gasteiger charge is -2.29. The van der Waals surface area contributed by atoms with E-state index in [1.54, 1.807) is 13.3 Å². The Labute approximate surface area is 138 Å². The second-order valence-electron chi connectivity index (χ2n) is 6.08. The van der Waals surface area contributed by atoms with Gasteiger partial charge in [0.25, 0.3) is 0 Å². The molecule has 0 spiro atoms. The van der Waals surface area contributed by atoms with E-state index in [4.69, 9.17) is 16.3 Å². The van der Waals surface area contributed by atoms with E-state index >= 15 is 0 Å². The van der Waals surface area contributed by atoms with Crippen LogP contribution in [0.1, 0.15) is 54.3 Å². The molecule has 120 valence electrons. The summed E-state index contributed by atoms with van der Waals surface area (Å²) in [5, 5.41) is 10.8. The summed E-state index contributed by atoms with van der Waals surface area (Å²) in [6, 6.07) is 1.83. The van der Waals surface area contributed by atoms with Crippen molar-refractivity contribution in [1.82, 2.24) is 15.2 Å². The van der Waals surface area contributed by atoms with Gasteiger partial charge in [0.1, 0.15) is 0 Å². The average molecular weight is 333 g/mol. The van der Waals surface area contributed by atoms with Crippen LogP contribution in [0.2, 0.25) is 5.02 Å². The summed E-state index contributed by atoms with van der Waals surface area (Å²) in [6.45, 7) is 0. The third-order valence-electron chi connectivity index (χ3n) is 4.76. The number of nitrogens with zero attached hydrogens (tertiary/aromatic N) is 2. The van der Waals surface area contributed by atoms with Gasteiger partial charge < -0.3 is 10.1 Å². The number of aromatic nitrogens is 3. The summed E-state index contributed by atoms with van der Waals surface area (Å²) in [5.74, 6) is 1.41. The first-order valence-electron chi connectivity index (χ1n) is 7.74. The van der Waals surface area contributed by atoms with Gasteiger partial charge in [-0.05, 0) is 18.9 Å². The van der Waals surface area contributed by atoms with E-state index in [1.165, 1.54) is 6.42 Å². The maximum absolute atomic E-state index is 12.1. The van der Waals surface area contributed by atoms with Crippen molar-refractivity contribution in [3.8, 4) is 5.88 Å². The molecule has 0 saturated heterocycles. The standard InChI is InChI=1S/C16H17ClN4O2/c1-23-16-11(5-9(17)7-18-16)10-6-12(22)19-15-13(10)14(20-21-15)8-3-2-4-8/h5,7-8,10H,2-4,6H2,1H3,(H2,19,20,21,22). The number of aromatic amines is 1. The number of hydrogen-bond donors (Lipinski definition) is 2. The molecule has 1 aliphatic heterocycles. The summed E-state index contributed by atoms with van der Waals surface area (Å²) in [5.41, 5.74) is 3.01. The van der Waals surface area contributed by atoms with Gasteiger partial charge in [-0.15, -0.1) is 0 Å². The molecule has 2 aromatic heterocycles.